The molecule has 0 aliphatic heterocycles. The number of benzene rings is 1. The van der Waals surface area contributed by atoms with Gasteiger partial charge in [0.25, 0.3) is 0 Å². The fraction of sp³-hybridized carbons (Fsp3) is 0.560. The number of hydrogen-bond acceptors (Lipinski definition) is 3. The Labute approximate surface area is 193 Å². The van der Waals surface area contributed by atoms with Gasteiger partial charge in [-0.1, -0.05) is 6.07 Å². The van der Waals surface area contributed by atoms with Crippen molar-refractivity contribution < 1.29 is 14.0 Å². The van der Waals surface area contributed by atoms with Crippen molar-refractivity contribution in [1.29, 1.82) is 0 Å². The van der Waals surface area contributed by atoms with Gasteiger partial charge in [-0.25, -0.2) is 14.2 Å². The Morgan fingerprint density at radius 2 is 1.82 bits per heavy atom. The van der Waals surface area contributed by atoms with E-state index in [9.17, 15) is 14.0 Å². The fourth-order valence-corrected chi connectivity index (χ4v) is 6.62. The van der Waals surface area contributed by atoms with Crippen molar-refractivity contribution >= 4 is 11.9 Å². The van der Waals surface area contributed by atoms with Crippen molar-refractivity contribution in [3.63, 3.8) is 0 Å². The molecule has 2 aromatic rings. The molecule has 1 aromatic heterocycles. The number of urea groups is 1. The number of aryl methyl sites for hydroxylation is 1. The maximum absolute atomic E-state index is 14.5. The first-order valence-electron chi connectivity index (χ1n) is 12.0. The Morgan fingerprint density at radius 3 is 2.42 bits per heavy atom. The van der Waals surface area contributed by atoms with Crippen LogP contribution in [0.5, 0.6) is 0 Å². The molecule has 8 heteroatoms. The third-order valence-corrected chi connectivity index (χ3v) is 7.64. The van der Waals surface area contributed by atoms with Crippen molar-refractivity contribution in [1.82, 2.24) is 25.5 Å². The summed E-state index contributed by atoms with van der Waals surface area (Å²) in [5.74, 6) is 2.46. The molecule has 0 atom stereocenters. The second-order valence-electron chi connectivity index (χ2n) is 10.2. The van der Waals surface area contributed by atoms with E-state index in [2.05, 4.69) is 20.9 Å². The van der Waals surface area contributed by atoms with Crippen LogP contribution in [0.4, 0.5) is 9.18 Å². The highest BCUT2D eigenvalue weighted by Gasteiger charge is 2.51. The van der Waals surface area contributed by atoms with Crippen molar-refractivity contribution in [2.75, 3.05) is 6.54 Å². The number of halogens is 1. The Morgan fingerprint density at radius 1 is 1.12 bits per heavy atom. The molecular weight excluding hydrogens is 421 g/mol. The summed E-state index contributed by atoms with van der Waals surface area (Å²) in [4.78, 5) is 28.8. The molecule has 3 N–H and O–H groups in total. The van der Waals surface area contributed by atoms with E-state index in [1.165, 1.54) is 25.3 Å². The second kappa shape index (κ2) is 8.80. The zero-order chi connectivity index (χ0) is 23.0. The summed E-state index contributed by atoms with van der Waals surface area (Å²) in [6.07, 6.45) is 10.8. The lowest BCUT2D eigenvalue weighted by Gasteiger charge is -2.56. The monoisotopic (exact) mass is 453 g/mol. The molecule has 3 amide bonds. The summed E-state index contributed by atoms with van der Waals surface area (Å²) >= 11 is 0. The van der Waals surface area contributed by atoms with Gasteiger partial charge in [0.15, 0.2) is 0 Å². The molecule has 4 fully saturated rings. The predicted molar refractivity (Wildman–Crippen MR) is 122 cm³/mol. The van der Waals surface area contributed by atoms with E-state index < -0.39 is 0 Å². The SMILES string of the molecule is Cc1nccn1-c1ccc(CNC(=O)CCNC(=O)NC23CC4CC(CC(C4)C2)C3)cc1F. The van der Waals surface area contributed by atoms with Gasteiger partial charge in [-0.2, -0.15) is 0 Å². The molecule has 4 bridgehead atoms. The lowest BCUT2D eigenvalue weighted by Crippen LogP contribution is -2.61. The molecule has 4 aliphatic rings. The van der Waals surface area contributed by atoms with Crippen LogP contribution in [-0.2, 0) is 11.3 Å². The number of aromatic nitrogens is 2. The molecule has 0 saturated heterocycles. The Balaban J connectivity index is 1.05. The van der Waals surface area contributed by atoms with Crippen molar-refractivity contribution in [3.05, 3.63) is 47.8 Å². The Kier molecular flexibility index (Phi) is 5.85. The largest absolute Gasteiger partial charge is 0.352 e. The third-order valence-electron chi connectivity index (χ3n) is 7.64. The zero-order valence-electron chi connectivity index (χ0n) is 19.1. The van der Waals surface area contributed by atoms with Crippen molar-refractivity contribution in [3.8, 4) is 5.69 Å². The smallest absolute Gasteiger partial charge is 0.315 e. The molecule has 1 aromatic carbocycles. The molecular formula is C25H32FN5O2. The van der Waals surface area contributed by atoms with Crippen LogP contribution in [0.3, 0.4) is 0 Å². The molecule has 7 nitrogen and oxygen atoms in total. The minimum atomic E-state index is -0.370. The zero-order valence-corrected chi connectivity index (χ0v) is 19.1. The summed E-state index contributed by atoms with van der Waals surface area (Å²) in [5, 5.41) is 8.89. The highest BCUT2D eigenvalue weighted by atomic mass is 19.1. The summed E-state index contributed by atoms with van der Waals surface area (Å²) < 4.78 is 16.2. The van der Waals surface area contributed by atoms with Gasteiger partial charge in [0.1, 0.15) is 11.6 Å². The van der Waals surface area contributed by atoms with E-state index >= 15 is 0 Å². The highest BCUT2D eigenvalue weighted by Crippen LogP contribution is 2.55. The first-order chi connectivity index (χ1) is 15.9. The summed E-state index contributed by atoms with van der Waals surface area (Å²) in [6, 6.07) is 4.72. The van der Waals surface area contributed by atoms with E-state index in [1.807, 2.05) is 6.92 Å². The van der Waals surface area contributed by atoms with Gasteiger partial charge in [-0.3, -0.25) is 4.79 Å². The molecule has 0 unspecified atom stereocenters. The van der Waals surface area contributed by atoms with Crippen LogP contribution in [0.15, 0.2) is 30.6 Å². The average molecular weight is 454 g/mol. The standard InChI is InChI=1S/C25H32FN5O2/c1-16-27-6-7-31(16)22-3-2-17(11-21(22)26)15-29-23(32)4-5-28-24(33)30-25-12-18-8-19(13-25)10-20(9-18)14-25/h2-3,6-7,11,18-20H,4-5,8-10,12-15H2,1H3,(H,29,32)(H2,28,30,33). The highest BCUT2D eigenvalue weighted by molar-refractivity contribution is 5.78. The van der Waals surface area contributed by atoms with Crippen LogP contribution < -0.4 is 16.0 Å². The molecule has 6 rings (SSSR count). The van der Waals surface area contributed by atoms with E-state index in [0.717, 1.165) is 37.0 Å². The van der Waals surface area contributed by atoms with Crippen LogP contribution in [0.1, 0.15) is 56.3 Å². The van der Waals surface area contributed by atoms with Gasteiger partial charge < -0.3 is 20.5 Å². The number of rotatable bonds is 7. The van der Waals surface area contributed by atoms with E-state index in [1.54, 1.807) is 29.1 Å². The Bertz CT molecular complexity index is 1010. The molecule has 4 saturated carbocycles. The van der Waals surface area contributed by atoms with E-state index in [-0.39, 0.29) is 42.8 Å². The van der Waals surface area contributed by atoms with Crippen molar-refractivity contribution in [2.45, 2.75) is 64.0 Å². The van der Waals surface area contributed by atoms with Gasteiger partial charge in [0, 0.05) is 37.4 Å². The maximum atomic E-state index is 14.5. The van der Waals surface area contributed by atoms with E-state index in [0.29, 0.717) is 17.1 Å². The maximum Gasteiger partial charge on any atom is 0.315 e. The van der Waals surface area contributed by atoms with Crippen LogP contribution in [0.2, 0.25) is 0 Å². The van der Waals surface area contributed by atoms with E-state index in [4.69, 9.17) is 0 Å². The molecule has 33 heavy (non-hydrogen) atoms. The topological polar surface area (TPSA) is 88.1 Å². The molecule has 0 spiro atoms. The van der Waals surface area contributed by atoms with Gasteiger partial charge >= 0.3 is 6.03 Å². The van der Waals surface area contributed by atoms with Crippen molar-refractivity contribution in [2.24, 2.45) is 17.8 Å². The van der Waals surface area contributed by atoms with Gasteiger partial charge in [0.2, 0.25) is 5.91 Å². The first-order valence-corrected chi connectivity index (χ1v) is 12.0. The molecule has 176 valence electrons. The van der Waals surface area contributed by atoms with Crippen LogP contribution >= 0.6 is 0 Å². The number of carbonyl (C=O) groups excluding carboxylic acids is 2. The number of amides is 3. The van der Waals surface area contributed by atoms with Crippen LogP contribution in [-0.4, -0.2) is 33.6 Å². The van der Waals surface area contributed by atoms with Crippen LogP contribution in [0.25, 0.3) is 5.69 Å². The van der Waals surface area contributed by atoms with Gasteiger partial charge in [-0.05, 0) is 80.9 Å². The third kappa shape index (κ3) is 4.75. The number of carbonyl (C=O) groups is 2. The lowest BCUT2D eigenvalue weighted by molar-refractivity contribution is -0.121. The lowest BCUT2D eigenvalue weighted by atomic mass is 9.53. The molecule has 1 heterocycles. The van der Waals surface area contributed by atoms with Gasteiger partial charge in [-0.15, -0.1) is 0 Å². The number of nitrogens with one attached hydrogen (secondary N) is 3. The fourth-order valence-electron chi connectivity index (χ4n) is 6.62. The quantitative estimate of drug-likeness (QED) is 0.599. The summed E-state index contributed by atoms with van der Waals surface area (Å²) in [6.45, 7) is 2.32. The predicted octanol–water partition coefficient (Wildman–Crippen LogP) is 3.59. The molecule has 0 radical (unpaired) electrons. The summed E-state index contributed by atoms with van der Waals surface area (Å²) in [7, 11) is 0. The normalized spacial score (nSPS) is 27.4. The number of nitrogens with zero attached hydrogens (tertiary/aromatic N) is 2. The minimum absolute atomic E-state index is 0.0351. The summed E-state index contributed by atoms with van der Waals surface area (Å²) in [5.41, 5.74) is 1.07. The average Bonchev–Trinajstić information content (AvgIpc) is 3.16. The number of hydrogen-bond donors (Lipinski definition) is 3. The molecule has 4 aliphatic carbocycles. The first kappa shape index (κ1) is 21.9. The van der Waals surface area contributed by atoms with Crippen LogP contribution in [0, 0.1) is 30.5 Å². The minimum Gasteiger partial charge on any atom is -0.352 e. The van der Waals surface area contributed by atoms with Gasteiger partial charge in [0.05, 0.1) is 5.69 Å². The number of imidazole rings is 1. The Hall–Kier alpha value is -2.90. The second-order valence-corrected chi connectivity index (χ2v) is 10.2.